The monoisotopic (exact) mass is 358 g/mol. The molecule has 0 spiro atoms. The number of benzene rings is 1. The zero-order valence-electron chi connectivity index (χ0n) is 14.3. The Kier molecular flexibility index (Phi) is 5.71. The summed E-state index contributed by atoms with van der Waals surface area (Å²) < 4.78 is 5.09. The number of carbonyl (C=O) groups is 2. The van der Waals surface area contributed by atoms with Crippen LogP contribution < -0.4 is 15.6 Å². The van der Waals surface area contributed by atoms with Crippen LogP contribution in [0.2, 0.25) is 0 Å². The molecule has 5 nitrogen and oxygen atoms in total. The van der Waals surface area contributed by atoms with Gasteiger partial charge in [0.1, 0.15) is 5.75 Å². The average Bonchev–Trinajstić information content (AvgIpc) is 2.91. The fraction of sp³-hybridized carbons (Fsp3) is 0.368. The third-order valence-electron chi connectivity index (χ3n) is 4.31. The zero-order valence-corrected chi connectivity index (χ0v) is 15.1. The average molecular weight is 358 g/mol. The van der Waals surface area contributed by atoms with Gasteiger partial charge in [0.05, 0.1) is 18.4 Å². The van der Waals surface area contributed by atoms with Crippen LogP contribution in [-0.4, -0.2) is 18.9 Å². The molecule has 0 atom stereocenters. The lowest BCUT2D eigenvalue weighted by Crippen LogP contribution is -2.42. The highest BCUT2D eigenvalue weighted by molar-refractivity contribution is 7.14. The Hall–Kier alpha value is -2.34. The quantitative estimate of drug-likeness (QED) is 0.652. The Morgan fingerprint density at radius 2 is 1.84 bits per heavy atom. The molecule has 3 rings (SSSR count). The molecule has 2 aromatic rings. The van der Waals surface area contributed by atoms with Gasteiger partial charge >= 0.3 is 0 Å². The van der Waals surface area contributed by atoms with Crippen molar-refractivity contribution in [3.8, 4) is 5.75 Å². The maximum absolute atomic E-state index is 12.3. The molecule has 0 fully saturated rings. The second-order valence-corrected chi connectivity index (χ2v) is 7.28. The molecule has 0 radical (unpaired) electrons. The Morgan fingerprint density at radius 1 is 1.08 bits per heavy atom. The maximum atomic E-state index is 12.3. The SMILES string of the molecule is COc1ccc(CC(=O)NNC(=O)c2cc3c(s2)CCCCC3)cc1. The molecule has 0 saturated heterocycles. The molecule has 0 saturated carbocycles. The molecule has 2 N–H and O–H groups in total. The summed E-state index contributed by atoms with van der Waals surface area (Å²) in [5.74, 6) is 0.243. The largest absolute Gasteiger partial charge is 0.497 e. The first kappa shape index (κ1) is 17.5. The van der Waals surface area contributed by atoms with Crippen LogP contribution in [0.15, 0.2) is 30.3 Å². The van der Waals surface area contributed by atoms with Crippen molar-refractivity contribution < 1.29 is 14.3 Å². The number of thiophene rings is 1. The Bertz CT molecular complexity index is 729. The van der Waals surface area contributed by atoms with Gasteiger partial charge in [0.25, 0.3) is 5.91 Å². The molecular formula is C19H22N2O3S. The minimum atomic E-state index is -0.253. The van der Waals surface area contributed by atoms with Crippen LogP contribution >= 0.6 is 11.3 Å². The van der Waals surface area contributed by atoms with Gasteiger partial charge in [-0.25, -0.2) is 0 Å². The Morgan fingerprint density at radius 3 is 2.60 bits per heavy atom. The van der Waals surface area contributed by atoms with Gasteiger partial charge in [0.2, 0.25) is 5.91 Å². The number of methoxy groups -OCH3 is 1. The van der Waals surface area contributed by atoms with Gasteiger partial charge < -0.3 is 4.74 Å². The number of carbonyl (C=O) groups excluding carboxylic acids is 2. The van der Waals surface area contributed by atoms with E-state index in [2.05, 4.69) is 10.9 Å². The van der Waals surface area contributed by atoms with Crippen LogP contribution in [0, 0.1) is 0 Å². The van der Waals surface area contributed by atoms with E-state index in [9.17, 15) is 9.59 Å². The van der Waals surface area contributed by atoms with Crippen molar-refractivity contribution in [2.75, 3.05) is 7.11 Å². The maximum Gasteiger partial charge on any atom is 0.279 e. The van der Waals surface area contributed by atoms with Gasteiger partial charge in [-0.2, -0.15) is 0 Å². The predicted molar refractivity (Wildman–Crippen MR) is 97.9 cm³/mol. The molecule has 0 bridgehead atoms. The van der Waals surface area contributed by atoms with E-state index in [1.165, 1.54) is 41.0 Å². The van der Waals surface area contributed by atoms with Crippen LogP contribution in [0.1, 0.15) is 44.9 Å². The second-order valence-electron chi connectivity index (χ2n) is 6.15. The molecule has 1 aromatic carbocycles. The van der Waals surface area contributed by atoms with E-state index >= 15 is 0 Å². The number of rotatable bonds is 4. The highest BCUT2D eigenvalue weighted by atomic mass is 32.1. The topological polar surface area (TPSA) is 67.4 Å². The van der Waals surface area contributed by atoms with Crippen molar-refractivity contribution in [3.63, 3.8) is 0 Å². The lowest BCUT2D eigenvalue weighted by atomic mass is 10.1. The molecule has 1 aliphatic carbocycles. The number of hydrogen-bond acceptors (Lipinski definition) is 4. The van der Waals surface area contributed by atoms with Crippen molar-refractivity contribution in [2.45, 2.75) is 38.5 Å². The number of nitrogens with one attached hydrogen (secondary N) is 2. The van der Waals surface area contributed by atoms with Crippen molar-refractivity contribution in [1.29, 1.82) is 0 Å². The lowest BCUT2D eigenvalue weighted by Gasteiger charge is -2.07. The summed E-state index contributed by atoms with van der Waals surface area (Å²) in [6.45, 7) is 0. The van der Waals surface area contributed by atoms with E-state index in [1.807, 2.05) is 18.2 Å². The zero-order chi connectivity index (χ0) is 17.6. The first-order valence-electron chi connectivity index (χ1n) is 8.49. The lowest BCUT2D eigenvalue weighted by molar-refractivity contribution is -0.121. The fourth-order valence-electron chi connectivity index (χ4n) is 2.94. The van der Waals surface area contributed by atoms with E-state index in [1.54, 1.807) is 19.2 Å². The van der Waals surface area contributed by atoms with Crippen LogP contribution in [0.4, 0.5) is 0 Å². The summed E-state index contributed by atoms with van der Waals surface area (Å²) in [6.07, 6.45) is 5.92. The van der Waals surface area contributed by atoms with Gasteiger partial charge in [-0.05, 0) is 55.0 Å². The highest BCUT2D eigenvalue weighted by Gasteiger charge is 2.16. The second kappa shape index (κ2) is 8.16. The number of ether oxygens (including phenoxy) is 1. The highest BCUT2D eigenvalue weighted by Crippen LogP contribution is 2.28. The minimum Gasteiger partial charge on any atom is -0.497 e. The smallest absolute Gasteiger partial charge is 0.279 e. The minimum absolute atomic E-state index is 0.200. The van der Waals surface area contributed by atoms with Gasteiger partial charge in [0, 0.05) is 4.88 Å². The number of amides is 2. The van der Waals surface area contributed by atoms with Crippen molar-refractivity contribution >= 4 is 23.2 Å². The summed E-state index contributed by atoms with van der Waals surface area (Å²) in [5, 5.41) is 0. The third kappa shape index (κ3) is 4.60. The van der Waals surface area contributed by atoms with E-state index in [4.69, 9.17) is 4.74 Å². The summed E-state index contributed by atoms with van der Waals surface area (Å²) in [6, 6.07) is 9.24. The summed E-state index contributed by atoms with van der Waals surface area (Å²) in [5.41, 5.74) is 7.15. The molecule has 1 aromatic heterocycles. The first-order chi connectivity index (χ1) is 12.2. The molecule has 2 amide bonds. The Balaban J connectivity index is 1.52. The Labute approximate surface area is 151 Å². The van der Waals surface area contributed by atoms with Gasteiger partial charge in [-0.1, -0.05) is 18.6 Å². The predicted octanol–water partition coefficient (Wildman–Crippen LogP) is 3.03. The van der Waals surface area contributed by atoms with E-state index in [-0.39, 0.29) is 18.2 Å². The normalized spacial score (nSPS) is 13.5. The number of hydrazine groups is 1. The molecule has 6 heteroatoms. The van der Waals surface area contributed by atoms with Crippen molar-refractivity contribution in [3.05, 3.63) is 51.2 Å². The number of hydrogen-bond donors (Lipinski definition) is 2. The van der Waals surface area contributed by atoms with Gasteiger partial charge in [0.15, 0.2) is 0 Å². The summed E-state index contributed by atoms with van der Waals surface area (Å²) in [7, 11) is 1.60. The molecular weight excluding hydrogens is 336 g/mol. The summed E-state index contributed by atoms with van der Waals surface area (Å²) in [4.78, 5) is 26.2. The molecule has 0 aliphatic heterocycles. The van der Waals surface area contributed by atoms with Crippen molar-refractivity contribution in [2.24, 2.45) is 0 Å². The first-order valence-corrected chi connectivity index (χ1v) is 9.31. The fourth-order valence-corrected chi connectivity index (χ4v) is 4.09. The van der Waals surface area contributed by atoms with Crippen LogP contribution in [0.3, 0.4) is 0 Å². The molecule has 132 valence electrons. The van der Waals surface area contributed by atoms with E-state index < -0.39 is 0 Å². The summed E-state index contributed by atoms with van der Waals surface area (Å²) >= 11 is 1.54. The third-order valence-corrected chi connectivity index (χ3v) is 5.55. The van der Waals surface area contributed by atoms with Crippen LogP contribution in [0.5, 0.6) is 5.75 Å². The van der Waals surface area contributed by atoms with Crippen LogP contribution in [-0.2, 0) is 24.1 Å². The van der Waals surface area contributed by atoms with E-state index in [0.29, 0.717) is 4.88 Å². The standard InChI is InChI=1S/C19H22N2O3S/c1-24-15-9-7-13(8-10-15)11-18(22)20-21-19(23)17-12-14-5-3-2-4-6-16(14)25-17/h7-10,12H,2-6,11H2,1H3,(H,20,22)(H,21,23). The van der Waals surface area contributed by atoms with Crippen molar-refractivity contribution in [1.82, 2.24) is 10.9 Å². The number of fused-ring (bicyclic) bond motifs is 1. The molecule has 0 unspecified atom stereocenters. The van der Waals surface area contributed by atoms with E-state index in [0.717, 1.165) is 24.2 Å². The molecule has 1 heterocycles. The number of aryl methyl sites for hydroxylation is 2. The molecule has 25 heavy (non-hydrogen) atoms. The van der Waals surface area contributed by atoms with Gasteiger partial charge in [-0.15, -0.1) is 11.3 Å². The van der Waals surface area contributed by atoms with Crippen LogP contribution in [0.25, 0.3) is 0 Å². The van der Waals surface area contributed by atoms with Gasteiger partial charge in [-0.3, -0.25) is 20.4 Å². The molecule has 1 aliphatic rings.